The van der Waals surface area contributed by atoms with Crippen LogP contribution in [0.4, 0.5) is 5.69 Å². The van der Waals surface area contributed by atoms with Crippen LogP contribution in [0.2, 0.25) is 0 Å². The Balaban J connectivity index is 2.26. The highest BCUT2D eigenvalue weighted by Gasteiger charge is 2.05. The normalized spacial score (nSPS) is 10.4. The minimum atomic E-state index is 0.497. The minimum Gasteiger partial charge on any atom is -0.488 e. The van der Waals surface area contributed by atoms with Crippen LogP contribution in [0.3, 0.4) is 0 Å². The molecule has 0 saturated carbocycles. The molecule has 1 aromatic heterocycles. The summed E-state index contributed by atoms with van der Waals surface area (Å²) in [5, 5.41) is 0. The first-order chi connectivity index (χ1) is 7.75. The second kappa shape index (κ2) is 7.46. The van der Waals surface area contributed by atoms with Crippen molar-refractivity contribution in [2.45, 2.75) is 19.8 Å². The zero-order valence-electron chi connectivity index (χ0n) is 9.41. The van der Waals surface area contributed by atoms with Crippen molar-refractivity contribution in [2.24, 2.45) is 0 Å². The molecule has 0 aliphatic rings. The van der Waals surface area contributed by atoms with Crippen molar-refractivity contribution in [1.29, 1.82) is 0 Å². The van der Waals surface area contributed by atoms with E-state index in [1.807, 2.05) is 0 Å². The quantitative estimate of drug-likeness (QED) is 0.784. The third kappa shape index (κ3) is 4.37. The number of unbranched alkanes of at least 4 members (excludes halogenated alkanes) is 1. The number of ether oxygens (including phenoxy) is 2. The number of anilines is 1. The van der Waals surface area contributed by atoms with E-state index in [1.54, 1.807) is 12.4 Å². The SMILES string of the molecule is CCCCOCCOc1c(N)cncc1Br. The largest absolute Gasteiger partial charge is 0.488 e. The summed E-state index contributed by atoms with van der Waals surface area (Å²) in [5.41, 5.74) is 6.26. The summed E-state index contributed by atoms with van der Waals surface area (Å²) < 4.78 is 11.7. The van der Waals surface area contributed by atoms with Crippen molar-refractivity contribution < 1.29 is 9.47 Å². The average Bonchev–Trinajstić information content (AvgIpc) is 2.26. The van der Waals surface area contributed by atoms with Gasteiger partial charge in [0.15, 0.2) is 5.75 Å². The number of halogens is 1. The van der Waals surface area contributed by atoms with E-state index in [1.165, 1.54) is 0 Å². The number of nitrogen functional groups attached to an aromatic ring is 1. The summed E-state index contributed by atoms with van der Waals surface area (Å²) in [7, 11) is 0. The minimum absolute atomic E-state index is 0.497. The lowest BCUT2D eigenvalue weighted by molar-refractivity contribution is 0.0980. The fourth-order valence-electron chi connectivity index (χ4n) is 1.14. The molecule has 4 nitrogen and oxygen atoms in total. The van der Waals surface area contributed by atoms with Gasteiger partial charge in [0.2, 0.25) is 0 Å². The molecule has 1 aromatic rings. The molecule has 0 aliphatic heterocycles. The van der Waals surface area contributed by atoms with E-state index in [0.29, 0.717) is 24.7 Å². The summed E-state index contributed by atoms with van der Waals surface area (Å²) in [4.78, 5) is 3.93. The van der Waals surface area contributed by atoms with Gasteiger partial charge in [0.05, 0.1) is 23.0 Å². The van der Waals surface area contributed by atoms with Gasteiger partial charge in [-0.2, -0.15) is 0 Å². The van der Waals surface area contributed by atoms with E-state index in [9.17, 15) is 0 Å². The molecule has 0 unspecified atom stereocenters. The van der Waals surface area contributed by atoms with Crippen molar-refractivity contribution in [2.75, 3.05) is 25.6 Å². The van der Waals surface area contributed by atoms with Gasteiger partial charge in [-0.05, 0) is 22.4 Å². The summed E-state index contributed by atoms with van der Waals surface area (Å²) in [6.45, 7) is 3.99. The number of aromatic nitrogens is 1. The first-order valence-corrected chi connectivity index (χ1v) is 6.14. The molecule has 0 aliphatic carbocycles. The predicted molar refractivity (Wildman–Crippen MR) is 67.6 cm³/mol. The van der Waals surface area contributed by atoms with Crippen LogP contribution in [0.25, 0.3) is 0 Å². The molecule has 0 atom stereocenters. The Bertz CT molecular complexity index is 301. The van der Waals surface area contributed by atoms with Crippen LogP contribution in [-0.2, 0) is 4.74 Å². The van der Waals surface area contributed by atoms with Gasteiger partial charge in [-0.1, -0.05) is 13.3 Å². The topological polar surface area (TPSA) is 57.4 Å². The van der Waals surface area contributed by atoms with E-state index in [0.717, 1.165) is 23.9 Å². The predicted octanol–water partition coefficient (Wildman–Crippen LogP) is 2.62. The molecule has 0 amide bonds. The molecule has 0 saturated heterocycles. The summed E-state index contributed by atoms with van der Waals surface area (Å²) in [6, 6.07) is 0. The molecule has 1 rings (SSSR count). The molecule has 16 heavy (non-hydrogen) atoms. The molecule has 5 heteroatoms. The third-order valence-corrected chi connectivity index (χ3v) is 2.56. The monoisotopic (exact) mass is 288 g/mol. The lowest BCUT2D eigenvalue weighted by Crippen LogP contribution is -2.09. The highest BCUT2D eigenvalue weighted by Crippen LogP contribution is 2.29. The van der Waals surface area contributed by atoms with Crippen LogP contribution in [0.5, 0.6) is 5.75 Å². The molecular formula is C11H17BrN2O2. The number of rotatable bonds is 7. The smallest absolute Gasteiger partial charge is 0.159 e. The fourth-order valence-corrected chi connectivity index (χ4v) is 1.60. The molecular weight excluding hydrogens is 272 g/mol. The Hall–Kier alpha value is -0.810. The van der Waals surface area contributed by atoms with Gasteiger partial charge in [0, 0.05) is 12.8 Å². The zero-order chi connectivity index (χ0) is 11.8. The second-order valence-electron chi connectivity index (χ2n) is 3.35. The Labute approximate surface area is 104 Å². The van der Waals surface area contributed by atoms with Gasteiger partial charge in [-0.25, -0.2) is 0 Å². The van der Waals surface area contributed by atoms with Gasteiger partial charge in [0.1, 0.15) is 6.61 Å². The Morgan fingerprint density at radius 3 is 2.81 bits per heavy atom. The maximum Gasteiger partial charge on any atom is 0.159 e. The molecule has 2 N–H and O–H groups in total. The lowest BCUT2D eigenvalue weighted by atomic mass is 10.4. The fraction of sp³-hybridized carbons (Fsp3) is 0.545. The van der Waals surface area contributed by atoms with E-state index in [-0.39, 0.29) is 0 Å². The standard InChI is InChI=1S/C11H17BrN2O2/c1-2-3-4-15-5-6-16-11-9(12)7-14-8-10(11)13/h7-8H,2-6,13H2,1H3. The number of nitrogens with two attached hydrogens (primary N) is 1. The third-order valence-electron chi connectivity index (χ3n) is 2.00. The van der Waals surface area contributed by atoms with Crippen molar-refractivity contribution >= 4 is 21.6 Å². The average molecular weight is 289 g/mol. The van der Waals surface area contributed by atoms with Crippen molar-refractivity contribution in [1.82, 2.24) is 4.98 Å². The van der Waals surface area contributed by atoms with Crippen LogP contribution in [0.1, 0.15) is 19.8 Å². The summed E-state index contributed by atoms with van der Waals surface area (Å²) >= 11 is 3.33. The Morgan fingerprint density at radius 1 is 1.31 bits per heavy atom. The summed E-state index contributed by atoms with van der Waals surface area (Å²) in [6.07, 6.45) is 5.45. The van der Waals surface area contributed by atoms with Crippen molar-refractivity contribution in [3.63, 3.8) is 0 Å². The molecule has 0 bridgehead atoms. The Morgan fingerprint density at radius 2 is 2.12 bits per heavy atom. The second-order valence-corrected chi connectivity index (χ2v) is 4.21. The molecule has 0 radical (unpaired) electrons. The maximum absolute atomic E-state index is 5.73. The van der Waals surface area contributed by atoms with Crippen LogP contribution >= 0.6 is 15.9 Å². The molecule has 0 fully saturated rings. The van der Waals surface area contributed by atoms with Gasteiger partial charge in [-0.15, -0.1) is 0 Å². The van der Waals surface area contributed by atoms with E-state index >= 15 is 0 Å². The molecule has 90 valence electrons. The van der Waals surface area contributed by atoms with E-state index in [4.69, 9.17) is 15.2 Å². The first kappa shape index (κ1) is 13.3. The molecule has 0 spiro atoms. The van der Waals surface area contributed by atoms with Gasteiger partial charge >= 0.3 is 0 Å². The maximum atomic E-state index is 5.73. The zero-order valence-corrected chi connectivity index (χ0v) is 11.0. The summed E-state index contributed by atoms with van der Waals surface area (Å²) in [5.74, 6) is 0.633. The number of pyridine rings is 1. The van der Waals surface area contributed by atoms with E-state index < -0.39 is 0 Å². The van der Waals surface area contributed by atoms with Crippen LogP contribution in [0, 0.1) is 0 Å². The van der Waals surface area contributed by atoms with Crippen LogP contribution < -0.4 is 10.5 Å². The highest BCUT2D eigenvalue weighted by atomic mass is 79.9. The van der Waals surface area contributed by atoms with Gasteiger partial charge in [-0.3, -0.25) is 4.98 Å². The van der Waals surface area contributed by atoms with Crippen LogP contribution in [0.15, 0.2) is 16.9 Å². The van der Waals surface area contributed by atoms with Crippen molar-refractivity contribution in [3.05, 3.63) is 16.9 Å². The highest BCUT2D eigenvalue weighted by molar-refractivity contribution is 9.10. The number of hydrogen-bond donors (Lipinski definition) is 1. The number of hydrogen-bond acceptors (Lipinski definition) is 4. The van der Waals surface area contributed by atoms with Crippen molar-refractivity contribution in [3.8, 4) is 5.75 Å². The van der Waals surface area contributed by atoms with Crippen LogP contribution in [-0.4, -0.2) is 24.8 Å². The molecule has 1 heterocycles. The first-order valence-electron chi connectivity index (χ1n) is 5.35. The lowest BCUT2D eigenvalue weighted by Gasteiger charge is -2.10. The molecule has 0 aromatic carbocycles. The van der Waals surface area contributed by atoms with E-state index in [2.05, 4.69) is 27.8 Å². The van der Waals surface area contributed by atoms with Gasteiger partial charge < -0.3 is 15.2 Å². The van der Waals surface area contributed by atoms with Gasteiger partial charge in [0.25, 0.3) is 0 Å². The number of nitrogens with zero attached hydrogens (tertiary/aromatic N) is 1. The Kier molecular flexibility index (Phi) is 6.18.